The van der Waals surface area contributed by atoms with E-state index in [-0.39, 0.29) is 18.9 Å². The molecule has 1 amide bonds. The second-order valence-electron chi connectivity index (χ2n) is 6.57. The van der Waals surface area contributed by atoms with Crippen molar-refractivity contribution in [2.45, 2.75) is 19.3 Å². The summed E-state index contributed by atoms with van der Waals surface area (Å²) >= 11 is 5.86. The number of nitrogens with zero attached hydrogens (tertiary/aromatic N) is 2. The Morgan fingerprint density at radius 1 is 1.22 bits per heavy atom. The maximum Gasteiger partial charge on any atom is 0.232 e. The van der Waals surface area contributed by atoms with Crippen molar-refractivity contribution in [1.29, 1.82) is 0 Å². The standard InChI is InChI=1S/C18H28ClN3O4S/c1-27(24,25)22(17-7-5-16(19)6-8-17)11-2-4-18(23)20-9-3-10-21-12-14-26-15-13-21/h5-8H,2-4,9-15H2,1H3,(H,20,23). The maximum atomic E-state index is 12.0. The predicted molar refractivity (Wildman–Crippen MR) is 108 cm³/mol. The van der Waals surface area contributed by atoms with Crippen LogP contribution in [-0.4, -0.2) is 71.4 Å². The number of rotatable bonds is 10. The monoisotopic (exact) mass is 417 g/mol. The van der Waals surface area contributed by atoms with Crippen molar-refractivity contribution in [3.8, 4) is 0 Å². The quantitative estimate of drug-likeness (QED) is 0.586. The van der Waals surface area contributed by atoms with Crippen LogP contribution in [0.1, 0.15) is 19.3 Å². The molecule has 1 aromatic carbocycles. The van der Waals surface area contributed by atoms with Crippen LogP contribution < -0.4 is 9.62 Å². The van der Waals surface area contributed by atoms with E-state index in [1.807, 2.05) is 0 Å². The number of carbonyl (C=O) groups excluding carboxylic acids is 1. The smallest absolute Gasteiger partial charge is 0.232 e. The van der Waals surface area contributed by atoms with Crippen molar-refractivity contribution in [3.05, 3.63) is 29.3 Å². The van der Waals surface area contributed by atoms with Crippen LogP contribution in [0.2, 0.25) is 5.02 Å². The lowest BCUT2D eigenvalue weighted by atomic mass is 10.2. The Labute approximate surface area is 166 Å². The molecule has 0 bridgehead atoms. The van der Waals surface area contributed by atoms with E-state index < -0.39 is 10.0 Å². The average Bonchev–Trinajstić information content (AvgIpc) is 2.63. The minimum absolute atomic E-state index is 0.0541. The summed E-state index contributed by atoms with van der Waals surface area (Å²) in [6.07, 6.45) is 2.79. The lowest BCUT2D eigenvalue weighted by Gasteiger charge is -2.26. The van der Waals surface area contributed by atoms with Gasteiger partial charge < -0.3 is 10.1 Å². The summed E-state index contributed by atoms with van der Waals surface area (Å²) in [4.78, 5) is 14.3. The van der Waals surface area contributed by atoms with Gasteiger partial charge in [0.25, 0.3) is 0 Å². The first kappa shape index (κ1) is 21.9. The van der Waals surface area contributed by atoms with Gasteiger partial charge in [-0.2, -0.15) is 0 Å². The number of morpholine rings is 1. The molecule has 9 heteroatoms. The number of nitrogens with one attached hydrogen (secondary N) is 1. The van der Waals surface area contributed by atoms with Gasteiger partial charge in [0.2, 0.25) is 15.9 Å². The van der Waals surface area contributed by atoms with E-state index in [0.29, 0.717) is 23.7 Å². The van der Waals surface area contributed by atoms with Gasteiger partial charge in [0, 0.05) is 37.6 Å². The number of hydrogen-bond donors (Lipinski definition) is 1. The molecule has 0 unspecified atom stereocenters. The first-order valence-electron chi connectivity index (χ1n) is 9.16. The van der Waals surface area contributed by atoms with Crippen molar-refractivity contribution < 1.29 is 17.9 Å². The minimum atomic E-state index is -3.42. The first-order valence-corrected chi connectivity index (χ1v) is 11.4. The number of carbonyl (C=O) groups is 1. The van der Waals surface area contributed by atoms with Crippen LogP contribution in [0.25, 0.3) is 0 Å². The molecule has 27 heavy (non-hydrogen) atoms. The van der Waals surface area contributed by atoms with E-state index in [0.717, 1.165) is 45.5 Å². The van der Waals surface area contributed by atoms with E-state index in [1.54, 1.807) is 24.3 Å². The molecule has 1 heterocycles. The van der Waals surface area contributed by atoms with E-state index in [1.165, 1.54) is 4.31 Å². The Balaban J connectivity index is 1.69. The van der Waals surface area contributed by atoms with Crippen molar-refractivity contribution in [2.24, 2.45) is 0 Å². The second-order valence-corrected chi connectivity index (χ2v) is 8.92. The molecular weight excluding hydrogens is 390 g/mol. The van der Waals surface area contributed by atoms with Gasteiger partial charge in [-0.15, -0.1) is 0 Å². The minimum Gasteiger partial charge on any atom is -0.379 e. The van der Waals surface area contributed by atoms with Crippen LogP contribution in [-0.2, 0) is 19.6 Å². The van der Waals surface area contributed by atoms with Crippen molar-refractivity contribution in [1.82, 2.24) is 10.2 Å². The van der Waals surface area contributed by atoms with E-state index in [9.17, 15) is 13.2 Å². The molecule has 1 aromatic rings. The number of halogens is 1. The molecule has 1 saturated heterocycles. The highest BCUT2D eigenvalue weighted by molar-refractivity contribution is 7.92. The Kier molecular flexibility index (Phi) is 8.82. The van der Waals surface area contributed by atoms with Crippen LogP contribution in [0.3, 0.4) is 0 Å². The SMILES string of the molecule is CS(=O)(=O)N(CCCC(=O)NCCCN1CCOCC1)c1ccc(Cl)cc1. The molecule has 0 saturated carbocycles. The highest BCUT2D eigenvalue weighted by Gasteiger charge is 2.17. The normalized spacial score (nSPS) is 15.5. The molecule has 0 aromatic heterocycles. The highest BCUT2D eigenvalue weighted by atomic mass is 35.5. The second kappa shape index (κ2) is 10.8. The van der Waals surface area contributed by atoms with Gasteiger partial charge in [0.15, 0.2) is 0 Å². The van der Waals surface area contributed by atoms with E-state index in [2.05, 4.69) is 10.2 Å². The summed E-state index contributed by atoms with van der Waals surface area (Å²) in [5, 5.41) is 3.44. The lowest BCUT2D eigenvalue weighted by Crippen LogP contribution is -2.38. The molecule has 7 nitrogen and oxygen atoms in total. The molecule has 0 atom stereocenters. The van der Waals surface area contributed by atoms with Gasteiger partial charge in [-0.25, -0.2) is 8.42 Å². The van der Waals surface area contributed by atoms with Gasteiger partial charge in [-0.1, -0.05) is 11.6 Å². The van der Waals surface area contributed by atoms with Gasteiger partial charge in [0.05, 0.1) is 25.2 Å². The summed E-state index contributed by atoms with van der Waals surface area (Å²) in [6.45, 7) is 5.26. The molecule has 1 fully saturated rings. The zero-order valence-corrected chi connectivity index (χ0v) is 17.3. The number of ether oxygens (including phenoxy) is 1. The van der Waals surface area contributed by atoms with Gasteiger partial charge in [-0.3, -0.25) is 14.0 Å². The number of hydrogen-bond acceptors (Lipinski definition) is 5. The molecule has 2 rings (SSSR count). The van der Waals surface area contributed by atoms with Gasteiger partial charge in [0.1, 0.15) is 0 Å². The molecule has 152 valence electrons. The summed E-state index contributed by atoms with van der Waals surface area (Å²) in [6, 6.07) is 6.62. The predicted octanol–water partition coefficient (Wildman–Crippen LogP) is 1.72. The van der Waals surface area contributed by atoms with Crippen LogP contribution in [0.5, 0.6) is 0 Å². The number of sulfonamides is 1. The largest absolute Gasteiger partial charge is 0.379 e. The first-order chi connectivity index (χ1) is 12.9. The van der Waals surface area contributed by atoms with Crippen LogP contribution in [0.15, 0.2) is 24.3 Å². The van der Waals surface area contributed by atoms with Crippen LogP contribution in [0, 0.1) is 0 Å². The zero-order chi connectivity index (χ0) is 19.7. The van der Waals surface area contributed by atoms with Gasteiger partial charge >= 0.3 is 0 Å². The van der Waals surface area contributed by atoms with Crippen molar-refractivity contribution in [3.63, 3.8) is 0 Å². The van der Waals surface area contributed by atoms with Gasteiger partial charge in [-0.05, 0) is 43.7 Å². The molecule has 1 N–H and O–H groups in total. The third-order valence-corrected chi connectivity index (χ3v) is 5.80. The van der Waals surface area contributed by atoms with E-state index >= 15 is 0 Å². The molecular formula is C18H28ClN3O4S. The van der Waals surface area contributed by atoms with E-state index in [4.69, 9.17) is 16.3 Å². The zero-order valence-electron chi connectivity index (χ0n) is 15.7. The molecule has 1 aliphatic rings. The fraction of sp³-hybridized carbons (Fsp3) is 0.611. The third-order valence-electron chi connectivity index (χ3n) is 4.36. The lowest BCUT2D eigenvalue weighted by molar-refractivity contribution is -0.121. The fourth-order valence-corrected chi connectivity index (χ4v) is 4.01. The summed E-state index contributed by atoms with van der Waals surface area (Å²) in [5.41, 5.74) is 0.549. The van der Waals surface area contributed by atoms with Crippen molar-refractivity contribution >= 4 is 33.2 Å². The number of amides is 1. The average molecular weight is 418 g/mol. The Bertz CT molecular complexity index is 691. The topological polar surface area (TPSA) is 79.0 Å². The number of anilines is 1. The van der Waals surface area contributed by atoms with Crippen LogP contribution in [0.4, 0.5) is 5.69 Å². The Morgan fingerprint density at radius 3 is 2.52 bits per heavy atom. The van der Waals surface area contributed by atoms with Crippen LogP contribution >= 0.6 is 11.6 Å². The summed E-state index contributed by atoms with van der Waals surface area (Å²) in [5.74, 6) is -0.0541. The molecule has 0 aliphatic carbocycles. The molecule has 1 aliphatic heterocycles. The Morgan fingerprint density at radius 2 is 1.89 bits per heavy atom. The third kappa shape index (κ3) is 8.04. The molecule has 0 spiro atoms. The maximum absolute atomic E-state index is 12.0. The highest BCUT2D eigenvalue weighted by Crippen LogP contribution is 2.20. The Hall–Kier alpha value is -1.35. The molecule has 0 radical (unpaired) electrons. The fourth-order valence-electron chi connectivity index (χ4n) is 2.92. The van der Waals surface area contributed by atoms with Crippen molar-refractivity contribution in [2.75, 3.05) is 56.5 Å². The summed E-state index contributed by atoms with van der Waals surface area (Å²) < 4.78 is 30.7. The summed E-state index contributed by atoms with van der Waals surface area (Å²) in [7, 11) is -3.42. The number of benzene rings is 1.